The quantitative estimate of drug-likeness (QED) is 0.869. The van der Waals surface area contributed by atoms with Crippen molar-refractivity contribution in [2.24, 2.45) is 11.8 Å². The largest absolute Gasteiger partial charge is 0.311 e. The Balaban J connectivity index is 1.67. The van der Waals surface area contributed by atoms with Gasteiger partial charge in [-0.15, -0.1) is 0 Å². The van der Waals surface area contributed by atoms with E-state index in [2.05, 4.69) is 22.2 Å². The van der Waals surface area contributed by atoms with Gasteiger partial charge in [-0.1, -0.05) is 19.8 Å². The van der Waals surface area contributed by atoms with Crippen molar-refractivity contribution < 1.29 is 0 Å². The lowest BCUT2D eigenvalue weighted by Gasteiger charge is -2.26. The van der Waals surface area contributed by atoms with Gasteiger partial charge in [0, 0.05) is 18.9 Å². The van der Waals surface area contributed by atoms with Crippen LogP contribution in [0.2, 0.25) is 0 Å². The smallest absolute Gasteiger partial charge is 0.0724 e. The fourth-order valence-electron chi connectivity index (χ4n) is 2.45. The zero-order valence-electron chi connectivity index (χ0n) is 10.9. The first kappa shape index (κ1) is 12.5. The number of nitrogens with one attached hydrogen (secondary N) is 1. The molecule has 3 nitrogen and oxygen atoms in total. The number of aromatic nitrogens is 2. The molecule has 0 radical (unpaired) electrons. The van der Waals surface area contributed by atoms with E-state index in [-0.39, 0.29) is 0 Å². The predicted octanol–water partition coefficient (Wildman–Crippen LogP) is 2.70. The fourth-order valence-corrected chi connectivity index (χ4v) is 2.45. The maximum Gasteiger partial charge on any atom is 0.0724 e. The van der Waals surface area contributed by atoms with Crippen LogP contribution in [0.1, 0.15) is 44.0 Å². The lowest BCUT2D eigenvalue weighted by atomic mass is 9.83. The molecule has 0 aromatic carbocycles. The summed E-state index contributed by atoms with van der Waals surface area (Å²) in [6.07, 6.45) is 9.26. The van der Waals surface area contributed by atoms with Gasteiger partial charge in [0.05, 0.1) is 11.4 Å². The van der Waals surface area contributed by atoms with Crippen LogP contribution in [0.25, 0.3) is 0 Å². The van der Waals surface area contributed by atoms with Crippen molar-refractivity contribution in [3.05, 3.63) is 23.8 Å². The standard InChI is InChI=1S/C14H23N3/c1-11-3-5-13(6-4-11)8-15-9-14-10-16-12(2)7-17-14/h7,10-11,13,15H,3-6,8-9H2,1-2H3. The van der Waals surface area contributed by atoms with E-state index in [1.807, 2.05) is 19.3 Å². The molecule has 0 atom stereocenters. The molecule has 0 aliphatic heterocycles. The molecule has 0 saturated heterocycles. The van der Waals surface area contributed by atoms with Crippen molar-refractivity contribution in [3.63, 3.8) is 0 Å². The van der Waals surface area contributed by atoms with Crippen LogP contribution in [-0.4, -0.2) is 16.5 Å². The van der Waals surface area contributed by atoms with Crippen molar-refractivity contribution in [1.29, 1.82) is 0 Å². The Kier molecular flexibility index (Phi) is 4.49. The molecule has 0 amide bonds. The van der Waals surface area contributed by atoms with Crippen LogP contribution in [0, 0.1) is 18.8 Å². The molecule has 1 aliphatic rings. The van der Waals surface area contributed by atoms with Crippen LogP contribution in [0.3, 0.4) is 0 Å². The summed E-state index contributed by atoms with van der Waals surface area (Å²) < 4.78 is 0. The summed E-state index contributed by atoms with van der Waals surface area (Å²) in [5.74, 6) is 1.80. The normalized spacial score (nSPS) is 24.8. The molecule has 1 aliphatic carbocycles. The van der Waals surface area contributed by atoms with Gasteiger partial charge in [-0.25, -0.2) is 0 Å². The Labute approximate surface area is 104 Å². The van der Waals surface area contributed by atoms with Gasteiger partial charge in [-0.3, -0.25) is 9.97 Å². The van der Waals surface area contributed by atoms with Crippen LogP contribution < -0.4 is 5.32 Å². The molecule has 2 rings (SSSR count). The molecule has 0 spiro atoms. The van der Waals surface area contributed by atoms with Gasteiger partial charge < -0.3 is 5.32 Å². The molecule has 0 bridgehead atoms. The number of nitrogens with zero attached hydrogens (tertiary/aromatic N) is 2. The minimum atomic E-state index is 0.847. The third kappa shape index (κ3) is 4.08. The van der Waals surface area contributed by atoms with Gasteiger partial charge in [0.2, 0.25) is 0 Å². The average molecular weight is 233 g/mol. The minimum absolute atomic E-state index is 0.847. The average Bonchev–Trinajstić information content (AvgIpc) is 2.34. The maximum atomic E-state index is 4.35. The molecule has 1 aromatic heterocycles. The summed E-state index contributed by atoms with van der Waals surface area (Å²) in [6, 6.07) is 0. The maximum absolute atomic E-state index is 4.35. The Morgan fingerprint density at radius 1 is 1.18 bits per heavy atom. The number of hydrogen-bond donors (Lipinski definition) is 1. The molecule has 3 heteroatoms. The molecule has 1 fully saturated rings. The van der Waals surface area contributed by atoms with E-state index in [1.54, 1.807) is 0 Å². The summed E-state index contributed by atoms with van der Waals surface area (Å²) in [7, 11) is 0. The van der Waals surface area contributed by atoms with Crippen molar-refractivity contribution >= 4 is 0 Å². The Bertz CT molecular complexity index is 326. The van der Waals surface area contributed by atoms with Gasteiger partial charge in [-0.2, -0.15) is 0 Å². The first-order valence-corrected chi connectivity index (χ1v) is 6.72. The fraction of sp³-hybridized carbons (Fsp3) is 0.714. The van der Waals surface area contributed by atoms with Gasteiger partial charge >= 0.3 is 0 Å². The predicted molar refractivity (Wildman–Crippen MR) is 69.6 cm³/mol. The van der Waals surface area contributed by atoms with Crippen molar-refractivity contribution in [2.75, 3.05) is 6.54 Å². The zero-order chi connectivity index (χ0) is 12.1. The highest BCUT2D eigenvalue weighted by molar-refractivity contribution is 5.00. The third-order valence-corrected chi connectivity index (χ3v) is 3.71. The van der Waals surface area contributed by atoms with Crippen LogP contribution in [0.4, 0.5) is 0 Å². The van der Waals surface area contributed by atoms with Crippen LogP contribution in [0.15, 0.2) is 12.4 Å². The van der Waals surface area contributed by atoms with Gasteiger partial charge in [0.1, 0.15) is 0 Å². The van der Waals surface area contributed by atoms with Gasteiger partial charge in [-0.05, 0) is 38.1 Å². The summed E-state index contributed by atoms with van der Waals surface area (Å²) in [5.41, 5.74) is 2.02. The Hall–Kier alpha value is -0.960. The van der Waals surface area contributed by atoms with Crippen LogP contribution >= 0.6 is 0 Å². The summed E-state index contributed by atoms with van der Waals surface area (Å²) in [5, 5.41) is 3.50. The van der Waals surface area contributed by atoms with E-state index in [1.165, 1.54) is 25.7 Å². The molecule has 17 heavy (non-hydrogen) atoms. The van der Waals surface area contributed by atoms with Crippen LogP contribution in [-0.2, 0) is 6.54 Å². The molecule has 0 unspecified atom stereocenters. The zero-order valence-corrected chi connectivity index (χ0v) is 10.9. The Morgan fingerprint density at radius 2 is 1.94 bits per heavy atom. The Morgan fingerprint density at radius 3 is 2.59 bits per heavy atom. The summed E-state index contributed by atoms with van der Waals surface area (Å²) >= 11 is 0. The molecule has 1 saturated carbocycles. The van der Waals surface area contributed by atoms with E-state index < -0.39 is 0 Å². The molecule has 1 heterocycles. The molecule has 94 valence electrons. The first-order valence-electron chi connectivity index (χ1n) is 6.72. The highest BCUT2D eigenvalue weighted by Crippen LogP contribution is 2.27. The van der Waals surface area contributed by atoms with E-state index in [0.29, 0.717) is 0 Å². The monoisotopic (exact) mass is 233 g/mol. The number of aryl methyl sites for hydroxylation is 1. The van der Waals surface area contributed by atoms with Crippen molar-refractivity contribution in [3.8, 4) is 0 Å². The van der Waals surface area contributed by atoms with E-state index in [0.717, 1.165) is 36.3 Å². The van der Waals surface area contributed by atoms with Gasteiger partial charge in [0.15, 0.2) is 0 Å². The third-order valence-electron chi connectivity index (χ3n) is 3.71. The lowest BCUT2D eigenvalue weighted by Crippen LogP contribution is -2.26. The topological polar surface area (TPSA) is 37.8 Å². The molecular formula is C14H23N3. The number of rotatable bonds is 4. The van der Waals surface area contributed by atoms with Crippen molar-refractivity contribution in [2.45, 2.75) is 46.1 Å². The van der Waals surface area contributed by atoms with E-state index >= 15 is 0 Å². The molecular weight excluding hydrogens is 210 g/mol. The second-order valence-electron chi connectivity index (χ2n) is 5.41. The second kappa shape index (κ2) is 6.10. The summed E-state index contributed by atoms with van der Waals surface area (Å²) in [4.78, 5) is 8.60. The molecule has 1 aromatic rings. The number of hydrogen-bond acceptors (Lipinski definition) is 3. The second-order valence-corrected chi connectivity index (χ2v) is 5.41. The highest BCUT2D eigenvalue weighted by Gasteiger charge is 2.17. The van der Waals surface area contributed by atoms with Crippen LogP contribution in [0.5, 0.6) is 0 Å². The summed E-state index contributed by atoms with van der Waals surface area (Å²) in [6.45, 7) is 6.31. The lowest BCUT2D eigenvalue weighted by molar-refractivity contribution is 0.281. The van der Waals surface area contributed by atoms with Crippen molar-refractivity contribution in [1.82, 2.24) is 15.3 Å². The highest BCUT2D eigenvalue weighted by atomic mass is 14.9. The molecule has 1 N–H and O–H groups in total. The SMILES string of the molecule is Cc1cnc(CNCC2CCC(C)CC2)cn1. The first-order chi connectivity index (χ1) is 8.24. The van der Waals surface area contributed by atoms with Gasteiger partial charge in [0.25, 0.3) is 0 Å². The van der Waals surface area contributed by atoms with E-state index in [9.17, 15) is 0 Å². The minimum Gasteiger partial charge on any atom is -0.311 e. The van der Waals surface area contributed by atoms with E-state index in [4.69, 9.17) is 0 Å².